The molecular weight excluding hydrogens is 381 g/mol. The molecule has 0 aliphatic carbocycles. The second kappa shape index (κ2) is 9.36. The lowest BCUT2D eigenvalue weighted by atomic mass is 10.2. The third-order valence-corrected chi connectivity index (χ3v) is 5.13. The van der Waals surface area contributed by atoms with Crippen LogP contribution >= 0.6 is 11.8 Å². The number of hydrogen-bond acceptors (Lipinski definition) is 6. The molecule has 1 heterocycles. The van der Waals surface area contributed by atoms with Gasteiger partial charge in [-0.05, 0) is 36.8 Å². The zero-order valence-electron chi connectivity index (χ0n) is 15.5. The predicted molar refractivity (Wildman–Crippen MR) is 105 cm³/mol. The van der Waals surface area contributed by atoms with E-state index in [4.69, 9.17) is 9.26 Å². The Kier molecular flexibility index (Phi) is 6.65. The lowest BCUT2D eigenvalue weighted by Gasteiger charge is -2.11. The van der Waals surface area contributed by atoms with Crippen molar-refractivity contribution in [3.05, 3.63) is 65.8 Å². The molecule has 2 aromatic carbocycles. The first-order valence-corrected chi connectivity index (χ1v) is 9.71. The molecule has 3 rings (SSSR count). The van der Waals surface area contributed by atoms with E-state index in [2.05, 4.69) is 15.5 Å². The maximum Gasteiger partial charge on any atom is 0.236 e. The standard InChI is InChI=1S/C20H20FN3O3S/c1-13(20(25)22-11-14-6-8-16(21)9-7-14)28-12-18-23-19(24-27-18)15-4-3-5-17(10-15)26-2/h3-10,13H,11-12H2,1-2H3,(H,22,25). The summed E-state index contributed by atoms with van der Waals surface area (Å²) in [5.41, 5.74) is 1.64. The first-order valence-electron chi connectivity index (χ1n) is 8.66. The van der Waals surface area contributed by atoms with Gasteiger partial charge in [-0.1, -0.05) is 29.4 Å². The largest absolute Gasteiger partial charge is 0.497 e. The Labute approximate surface area is 166 Å². The van der Waals surface area contributed by atoms with Gasteiger partial charge in [-0.2, -0.15) is 4.98 Å². The minimum Gasteiger partial charge on any atom is -0.497 e. The van der Waals surface area contributed by atoms with E-state index in [0.29, 0.717) is 29.8 Å². The third kappa shape index (κ3) is 5.32. The molecule has 0 aliphatic rings. The summed E-state index contributed by atoms with van der Waals surface area (Å²) >= 11 is 1.40. The number of methoxy groups -OCH3 is 1. The van der Waals surface area contributed by atoms with Gasteiger partial charge in [0.1, 0.15) is 11.6 Å². The molecular formula is C20H20FN3O3S. The molecule has 0 saturated heterocycles. The van der Waals surface area contributed by atoms with E-state index in [1.807, 2.05) is 31.2 Å². The Bertz CT molecular complexity index is 930. The van der Waals surface area contributed by atoms with Crippen LogP contribution in [0.2, 0.25) is 0 Å². The molecule has 0 spiro atoms. The molecule has 1 aromatic heterocycles. The first-order chi connectivity index (χ1) is 13.5. The average molecular weight is 401 g/mol. The molecule has 1 unspecified atom stereocenters. The van der Waals surface area contributed by atoms with Gasteiger partial charge >= 0.3 is 0 Å². The second-order valence-corrected chi connectivity index (χ2v) is 7.37. The van der Waals surface area contributed by atoms with Gasteiger partial charge in [-0.25, -0.2) is 4.39 Å². The fourth-order valence-electron chi connectivity index (χ4n) is 2.40. The van der Waals surface area contributed by atoms with Crippen LogP contribution in [0.4, 0.5) is 4.39 Å². The van der Waals surface area contributed by atoms with E-state index >= 15 is 0 Å². The molecule has 1 amide bonds. The van der Waals surface area contributed by atoms with E-state index < -0.39 is 0 Å². The van der Waals surface area contributed by atoms with Crippen LogP contribution in [0.15, 0.2) is 53.1 Å². The topological polar surface area (TPSA) is 77.2 Å². The van der Waals surface area contributed by atoms with E-state index in [-0.39, 0.29) is 17.0 Å². The quantitative estimate of drug-likeness (QED) is 0.618. The van der Waals surface area contributed by atoms with Crippen molar-refractivity contribution >= 4 is 17.7 Å². The number of benzene rings is 2. The van der Waals surface area contributed by atoms with E-state index in [0.717, 1.165) is 11.1 Å². The molecule has 146 valence electrons. The molecule has 0 saturated carbocycles. The SMILES string of the molecule is COc1cccc(-c2noc(CSC(C)C(=O)NCc3ccc(F)cc3)n2)c1. The second-order valence-electron chi connectivity index (χ2n) is 6.04. The summed E-state index contributed by atoms with van der Waals surface area (Å²) in [6.45, 7) is 2.16. The number of hydrogen-bond donors (Lipinski definition) is 1. The lowest BCUT2D eigenvalue weighted by Crippen LogP contribution is -2.30. The molecule has 1 atom stereocenters. The van der Waals surface area contributed by atoms with Gasteiger partial charge in [0.2, 0.25) is 17.6 Å². The van der Waals surface area contributed by atoms with Crippen LogP contribution in [0.25, 0.3) is 11.4 Å². The molecule has 3 aromatic rings. The number of carbonyl (C=O) groups is 1. The number of thioether (sulfide) groups is 1. The molecule has 28 heavy (non-hydrogen) atoms. The molecule has 0 fully saturated rings. The van der Waals surface area contributed by atoms with E-state index in [9.17, 15) is 9.18 Å². The molecule has 1 N–H and O–H groups in total. The van der Waals surface area contributed by atoms with Crippen molar-refractivity contribution in [3.8, 4) is 17.1 Å². The molecule has 0 radical (unpaired) electrons. The van der Waals surface area contributed by atoms with Gasteiger partial charge < -0.3 is 14.6 Å². The Morgan fingerprint density at radius 2 is 2.07 bits per heavy atom. The van der Waals surface area contributed by atoms with Crippen molar-refractivity contribution in [2.24, 2.45) is 0 Å². The number of nitrogens with zero attached hydrogens (tertiary/aromatic N) is 2. The minimum atomic E-state index is -0.299. The Balaban J connectivity index is 1.50. The van der Waals surface area contributed by atoms with E-state index in [1.165, 1.54) is 23.9 Å². The first kappa shape index (κ1) is 19.9. The number of aromatic nitrogens is 2. The van der Waals surface area contributed by atoms with Crippen molar-refractivity contribution in [2.45, 2.75) is 24.5 Å². The number of amides is 1. The number of halogens is 1. The van der Waals surface area contributed by atoms with Crippen LogP contribution in [0.3, 0.4) is 0 Å². The highest BCUT2D eigenvalue weighted by Crippen LogP contribution is 2.23. The lowest BCUT2D eigenvalue weighted by molar-refractivity contribution is -0.120. The third-order valence-electron chi connectivity index (χ3n) is 4.00. The number of nitrogens with one attached hydrogen (secondary N) is 1. The highest BCUT2D eigenvalue weighted by Gasteiger charge is 2.16. The summed E-state index contributed by atoms with van der Waals surface area (Å²) in [4.78, 5) is 16.6. The molecule has 8 heteroatoms. The smallest absolute Gasteiger partial charge is 0.236 e. The van der Waals surface area contributed by atoms with Gasteiger partial charge in [-0.15, -0.1) is 11.8 Å². The van der Waals surface area contributed by atoms with Crippen LogP contribution in [0, 0.1) is 5.82 Å². The zero-order chi connectivity index (χ0) is 19.9. The number of rotatable bonds is 8. The van der Waals surface area contributed by atoms with E-state index in [1.54, 1.807) is 19.2 Å². The normalized spacial score (nSPS) is 11.8. The monoisotopic (exact) mass is 401 g/mol. The van der Waals surface area contributed by atoms with Crippen molar-refractivity contribution in [2.75, 3.05) is 7.11 Å². The van der Waals surface area contributed by atoms with Gasteiger partial charge in [0, 0.05) is 12.1 Å². The highest BCUT2D eigenvalue weighted by atomic mass is 32.2. The highest BCUT2D eigenvalue weighted by molar-refractivity contribution is 7.99. The number of carbonyl (C=O) groups excluding carboxylic acids is 1. The maximum absolute atomic E-state index is 12.9. The van der Waals surface area contributed by atoms with Crippen molar-refractivity contribution < 1.29 is 18.4 Å². The molecule has 0 bridgehead atoms. The van der Waals surface area contributed by atoms with Gasteiger partial charge in [-0.3, -0.25) is 4.79 Å². The maximum atomic E-state index is 12.9. The molecule has 0 aliphatic heterocycles. The Morgan fingerprint density at radius 3 is 2.82 bits per heavy atom. The fraction of sp³-hybridized carbons (Fsp3) is 0.250. The van der Waals surface area contributed by atoms with Crippen molar-refractivity contribution in [3.63, 3.8) is 0 Å². The van der Waals surface area contributed by atoms with Crippen LogP contribution < -0.4 is 10.1 Å². The van der Waals surface area contributed by atoms with Crippen LogP contribution in [-0.4, -0.2) is 28.4 Å². The zero-order valence-corrected chi connectivity index (χ0v) is 16.3. The van der Waals surface area contributed by atoms with Crippen LogP contribution in [0.5, 0.6) is 5.75 Å². The summed E-state index contributed by atoms with van der Waals surface area (Å²) < 4.78 is 23.4. The van der Waals surface area contributed by atoms with Crippen LogP contribution in [-0.2, 0) is 17.1 Å². The van der Waals surface area contributed by atoms with Crippen LogP contribution in [0.1, 0.15) is 18.4 Å². The fourth-order valence-corrected chi connectivity index (χ4v) is 3.14. The Hall–Kier alpha value is -2.87. The Morgan fingerprint density at radius 1 is 1.29 bits per heavy atom. The van der Waals surface area contributed by atoms with Crippen molar-refractivity contribution in [1.82, 2.24) is 15.5 Å². The summed E-state index contributed by atoms with van der Waals surface area (Å²) in [6, 6.07) is 13.4. The minimum absolute atomic E-state index is 0.109. The van der Waals surface area contributed by atoms with Gasteiger partial charge in [0.05, 0.1) is 18.1 Å². The summed E-state index contributed by atoms with van der Waals surface area (Å²) in [5.74, 6) is 1.64. The summed E-state index contributed by atoms with van der Waals surface area (Å²) in [5, 5.41) is 6.52. The summed E-state index contributed by atoms with van der Waals surface area (Å²) in [7, 11) is 1.60. The van der Waals surface area contributed by atoms with Crippen molar-refractivity contribution in [1.29, 1.82) is 0 Å². The van der Waals surface area contributed by atoms with Gasteiger partial charge in [0.15, 0.2) is 0 Å². The molecule has 6 nitrogen and oxygen atoms in total. The average Bonchev–Trinajstić information content (AvgIpc) is 3.20. The van der Waals surface area contributed by atoms with Gasteiger partial charge in [0.25, 0.3) is 0 Å². The summed E-state index contributed by atoms with van der Waals surface area (Å²) in [6.07, 6.45) is 0. The predicted octanol–water partition coefficient (Wildman–Crippen LogP) is 3.82. The number of ether oxygens (including phenoxy) is 1.